The molecule has 3 aliphatic rings. The Hall–Kier alpha value is -3.78. The molecule has 1 unspecified atom stereocenters. The Kier molecular flexibility index (Phi) is 4.67. The molecule has 1 aliphatic carbocycles. The van der Waals surface area contributed by atoms with Crippen molar-refractivity contribution in [2.24, 2.45) is 0 Å². The second-order valence-corrected chi connectivity index (χ2v) is 9.14. The number of carbonyl (C=O) groups is 2. The maximum absolute atomic E-state index is 12.9. The van der Waals surface area contributed by atoms with E-state index in [0.717, 1.165) is 22.4 Å². The van der Waals surface area contributed by atoms with Crippen LogP contribution in [0.3, 0.4) is 0 Å². The van der Waals surface area contributed by atoms with Crippen LogP contribution in [0.2, 0.25) is 5.02 Å². The van der Waals surface area contributed by atoms with Crippen LogP contribution in [0, 0.1) is 6.92 Å². The van der Waals surface area contributed by atoms with Gasteiger partial charge < -0.3 is 25.4 Å². The average molecular weight is 477 g/mol. The molecule has 2 aliphatic heterocycles. The van der Waals surface area contributed by atoms with Gasteiger partial charge in [0.05, 0.1) is 10.7 Å². The van der Waals surface area contributed by atoms with E-state index in [-0.39, 0.29) is 18.0 Å². The molecule has 9 heteroatoms. The zero-order valence-electron chi connectivity index (χ0n) is 18.3. The Balaban J connectivity index is 1.24. The maximum Gasteiger partial charge on any atom is 0.320 e. The van der Waals surface area contributed by atoms with Crippen LogP contribution in [0.15, 0.2) is 48.7 Å². The summed E-state index contributed by atoms with van der Waals surface area (Å²) in [7, 11) is 0. The van der Waals surface area contributed by atoms with E-state index in [1.165, 1.54) is 0 Å². The quantitative estimate of drug-likeness (QED) is 0.497. The van der Waals surface area contributed by atoms with E-state index in [1.54, 1.807) is 18.3 Å². The van der Waals surface area contributed by atoms with Crippen molar-refractivity contribution < 1.29 is 19.1 Å². The average Bonchev–Trinajstić information content (AvgIpc) is 3.41. The van der Waals surface area contributed by atoms with Gasteiger partial charge in [-0.1, -0.05) is 23.7 Å². The molecule has 3 amide bonds. The third-order valence-electron chi connectivity index (χ3n) is 6.50. The molecule has 0 spiro atoms. The minimum atomic E-state index is -0.612. The Morgan fingerprint density at radius 3 is 3.00 bits per heavy atom. The summed E-state index contributed by atoms with van der Waals surface area (Å²) in [4.78, 5) is 28.8. The van der Waals surface area contributed by atoms with Gasteiger partial charge in [0.25, 0.3) is 0 Å². The minimum absolute atomic E-state index is 0.0510. The summed E-state index contributed by atoms with van der Waals surface area (Å²) in [6.07, 6.45) is 3.11. The van der Waals surface area contributed by atoms with Crippen molar-refractivity contribution in [3.05, 3.63) is 70.4 Å². The summed E-state index contributed by atoms with van der Waals surface area (Å²) in [6, 6.07) is 12.5. The third-order valence-corrected chi connectivity index (χ3v) is 6.81. The number of hydrogen-bond acceptors (Lipinski definition) is 5. The molecule has 1 fully saturated rings. The number of hydrogen-bond donors (Lipinski definition) is 3. The summed E-state index contributed by atoms with van der Waals surface area (Å²) in [5.74, 6) is 2.46. The number of carbonyl (C=O) groups excluding carboxylic acids is 2. The van der Waals surface area contributed by atoms with Gasteiger partial charge in [0.15, 0.2) is 0 Å². The van der Waals surface area contributed by atoms with Gasteiger partial charge >= 0.3 is 6.03 Å². The van der Waals surface area contributed by atoms with Gasteiger partial charge in [-0.25, -0.2) is 9.78 Å². The number of halogens is 1. The first-order chi connectivity index (χ1) is 16.4. The number of rotatable bonds is 4. The van der Waals surface area contributed by atoms with Gasteiger partial charge in [-0.3, -0.25) is 4.79 Å². The number of para-hydroxylation sites is 1. The predicted octanol–water partition coefficient (Wildman–Crippen LogP) is 4.90. The zero-order valence-corrected chi connectivity index (χ0v) is 19.0. The molecule has 2 atom stereocenters. The third kappa shape index (κ3) is 3.42. The second-order valence-electron chi connectivity index (χ2n) is 8.74. The van der Waals surface area contributed by atoms with Crippen LogP contribution < -0.4 is 25.4 Å². The van der Waals surface area contributed by atoms with Crippen molar-refractivity contribution in [3.63, 3.8) is 0 Å². The lowest BCUT2D eigenvalue weighted by Gasteiger charge is -2.20. The fourth-order valence-electron chi connectivity index (χ4n) is 4.65. The lowest BCUT2D eigenvalue weighted by molar-refractivity contribution is -0.116. The van der Waals surface area contributed by atoms with Crippen molar-refractivity contribution >= 4 is 35.0 Å². The summed E-state index contributed by atoms with van der Waals surface area (Å²) >= 11 is 6.26. The molecular formula is C25H21ClN4O4. The van der Waals surface area contributed by atoms with Gasteiger partial charge in [-0.15, -0.1) is 0 Å². The molecule has 3 N–H and O–H groups in total. The van der Waals surface area contributed by atoms with E-state index >= 15 is 0 Å². The number of ether oxygens (including phenoxy) is 2. The molecular weight excluding hydrogens is 456 g/mol. The standard InChI is InChI=1S/C25H21ClN4O4/c1-13-3-2-4-17(26)22(13)29-24(32)30-25-12-20(25)34-19-7-5-14(11-16(19)25)33-18-9-10-27-23-15(18)6-8-21(31)28-23/h2-5,7,9-11,20H,6,8,12H2,1H3,(H,27,28,31)(H2,29,30,32)/t20-,25?/m0/s1. The Labute approximate surface area is 200 Å². The lowest BCUT2D eigenvalue weighted by atomic mass is 10.0. The number of aryl methyl sites for hydroxylation is 1. The van der Waals surface area contributed by atoms with Crippen molar-refractivity contribution in [2.45, 2.75) is 37.8 Å². The molecule has 8 nitrogen and oxygen atoms in total. The highest BCUT2D eigenvalue weighted by Crippen LogP contribution is 2.58. The molecule has 6 rings (SSSR count). The molecule has 34 heavy (non-hydrogen) atoms. The fraction of sp³-hybridized carbons (Fsp3) is 0.240. The highest BCUT2D eigenvalue weighted by Gasteiger charge is 2.64. The monoisotopic (exact) mass is 476 g/mol. The summed E-state index contributed by atoms with van der Waals surface area (Å²) in [6.45, 7) is 1.89. The SMILES string of the molecule is Cc1cccc(Cl)c1NC(=O)NC12C[C@@H]1Oc1ccc(Oc3ccnc4c3CCC(=O)N4)cc12. The number of aromatic nitrogens is 1. The fourth-order valence-corrected chi connectivity index (χ4v) is 4.92. The van der Waals surface area contributed by atoms with Crippen LogP contribution in [0.5, 0.6) is 17.2 Å². The number of amides is 3. The normalized spacial score (nSPS) is 21.4. The molecule has 3 heterocycles. The number of urea groups is 1. The summed E-state index contributed by atoms with van der Waals surface area (Å²) < 4.78 is 12.2. The van der Waals surface area contributed by atoms with E-state index in [4.69, 9.17) is 21.1 Å². The predicted molar refractivity (Wildman–Crippen MR) is 127 cm³/mol. The first kappa shape index (κ1) is 20.8. The van der Waals surface area contributed by atoms with E-state index in [9.17, 15) is 9.59 Å². The van der Waals surface area contributed by atoms with Crippen LogP contribution in [0.25, 0.3) is 0 Å². The van der Waals surface area contributed by atoms with Gasteiger partial charge in [-0.2, -0.15) is 0 Å². The van der Waals surface area contributed by atoms with Gasteiger partial charge in [-0.05, 0) is 49.2 Å². The highest BCUT2D eigenvalue weighted by atomic mass is 35.5. The van der Waals surface area contributed by atoms with Gasteiger partial charge in [0, 0.05) is 30.2 Å². The maximum atomic E-state index is 12.9. The highest BCUT2D eigenvalue weighted by molar-refractivity contribution is 6.33. The number of nitrogens with zero attached hydrogens (tertiary/aromatic N) is 1. The molecule has 0 bridgehead atoms. The first-order valence-electron chi connectivity index (χ1n) is 11.0. The lowest BCUT2D eigenvalue weighted by Crippen LogP contribution is -2.39. The Morgan fingerprint density at radius 1 is 1.26 bits per heavy atom. The van der Waals surface area contributed by atoms with Crippen LogP contribution in [0.1, 0.15) is 29.5 Å². The van der Waals surface area contributed by atoms with Crippen molar-refractivity contribution in [3.8, 4) is 17.2 Å². The van der Waals surface area contributed by atoms with E-state index < -0.39 is 5.54 Å². The van der Waals surface area contributed by atoms with Crippen LogP contribution in [-0.2, 0) is 16.8 Å². The number of nitrogens with one attached hydrogen (secondary N) is 3. The molecule has 1 saturated carbocycles. The Morgan fingerprint density at radius 2 is 2.15 bits per heavy atom. The number of pyridine rings is 1. The second kappa shape index (κ2) is 7.63. The largest absolute Gasteiger partial charge is 0.487 e. The number of anilines is 2. The zero-order chi connectivity index (χ0) is 23.4. The van der Waals surface area contributed by atoms with E-state index in [0.29, 0.717) is 47.3 Å². The number of fused-ring (bicyclic) bond motifs is 4. The van der Waals surface area contributed by atoms with Crippen molar-refractivity contribution in [2.75, 3.05) is 10.6 Å². The molecule has 172 valence electrons. The van der Waals surface area contributed by atoms with Crippen molar-refractivity contribution in [1.82, 2.24) is 10.3 Å². The molecule has 1 aromatic heterocycles. The van der Waals surface area contributed by atoms with Gasteiger partial charge in [0.1, 0.15) is 34.7 Å². The van der Waals surface area contributed by atoms with Crippen LogP contribution in [0.4, 0.5) is 16.3 Å². The summed E-state index contributed by atoms with van der Waals surface area (Å²) in [5.41, 5.74) is 2.59. The van der Waals surface area contributed by atoms with Crippen LogP contribution in [-0.4, -0.2) is 23.0 Å². The van der Waals surface area contributed by atoms with E-state index in [2.05, 4.69) is 20.9 Å². The summed E-state index contributed by atoms with van der Waals surface area (Å²) in [5, 5.41) is 9.22. The molecule has 2 aromatic carbocycles. The van der Waals surface area contributed by atoms with Gasteiger partial charge in [0.2, 0.25) is 5.91 Å². The topological polar surface area (TPSA) is 102 Å². The first-order valence-corrected chi connectivity index (χ1v) is 11.4. The molecule has 0 saturated heterocycles. The Bertz CT molecular complexity index is 1340. The van der Waals surface area contributed by atoms with Crippen molar-refractivity contribution in [1.29, 1.82) is 0 Å². The number of benzene rings is 2. The molecule has 0 radical (unpaired) electrons. The smallest absolute Gasteiger partial charge is 0.320 e. The minimum Gasteiger partial charge on any atom is -0.487 e. The van der Waals surface area contributed by atoms with E-state index in [1.807, 2.05) is 37.3 Å². The molecule has 3 aromatic rings. The van der Waals surface area contributed by atoms with Crippen LogP contribution >= 0.6 is 11.6 Å².